The average molecular weight is 427 g/mol. The van der Waals surface area contributed by atoms with Crippen molar-refractivity contribution < 1.29 is 24.2 Å². The Balaban J connectivity index is 1.57. The second-order valence-electron chi connectivity index (χ2n) is 8.32. The molecule has 1 N–H and O–H groups in total. The summed E-state index contributed by atoms with van der Waals surface area (Å²) in [7, 11) is 3.75. The number of ether oxygens (including phenoxy) is 4. The van der Waals surface area contributed by atoms with Gasteiger partial charge in [-0.05, 0) is 56.6 Å². The summed E-state index contributed by atoms with van der Waals surface area (Å²) < 4.78 is 22.8. The summed E-state index contributed by atoms with van der Waals surface area (Å²) in [6.45, 7) is 5.11. The van der Waals surface area contributed by atoms with Crippen molar-refractivity contribution in [2.24, 2.45) is 5.16 Å². The monoisotopic (exact) mass is 426 g/mol. The van der Waals surface area contributed by atoms with Crippen molar-refractivity contribution in [3.63, 3.8) is 0 Å². The van der Waals surface area contributed by atoms with Gasteiger partial charge in [0.2, 0.25) is 12.5 Å². The molecule has 31 heavy (non-hydrogen) atoms. The minimum atomic E-state index is 0.0163. The van der Waals surface area contributed by atoms with Crippen LogP contribution in [0.4, 0.5) is 0 Å². The van der Waals surface area contributed by atoms with Crippen molar-refractivity contribution in [3.8, 4) is 23.0 Å². The van der Waals surface area contributed by atoms with Crippen LogP contribution in [0.15, 0.2) is 35.5 Å². The quantitative estimate of drug-likeness (QED) is 0.406. The van der Waals surface area contributed by atoms with Crippen LogP contribution in [0.1, 0.15) is 43.0 Å². The number of nitrogens with zero attached hydrogens (tertiary/aromatic N) is 2. The Bertz CT molecular complexity index is 955. The first-order chi connectivity index (χ1) is 15.0. The Kier molecular flexibility index (Phi) is 6.23. The van der Waals surface area contributed by atoms with Crippen LogP contribution in [0.3, 0.4) is 0 Å². The first-order valence-electron chi connectivity index (χ1n) is 10.6. The van der Waals surface area contributed by atoms with Crippen molar-refractivity contribution in [1.29, 1.82) is 0 Å². The average Bonchev–Trinajstić information content (AvgIpc) is 3.22. The lowest BCUT2D eigenvalue weighted by Crippen LogP contribution is -2.34. The van der Waals surface area contributed by atoms with Gasteiger partial charge in [0, 0.05) is 31.0 Å². The van der Waals surface area contributed by atoms with Gasteiger partial charge in [-0.25, -0.2) is 0 Å². The molecule has 2 aliphatic rings. The summed E-state index contributed by atoms with van der Waals surface area (Å²) in [4.78, 5) is 2.28. The number of hydrogen-bond donors (Lipinski definition) is 1. The lowest BCUT2D eigenvalue weighted by Gasteiger charge is -2.36. The van der Waals surface area contributed by atoms with Crippen molar-refractivity contribution in [3.05, 3.63) is 47.0 Å². The van der Waals surface area contributed by atoms with Gasteiger partial charge < -0.3 is 24.2 Å². The number of methoxy groups -OCH3 is 1. The van der Waals surface area contributed by atoms with E-state index < -0.39 is 0 Å². The van der Waals surface area contributed by atoms with E-state index in [-0.39, 0.29) is 18.9 Å². The van der Waals surface area contributed by atoms with Crippen LogP contribution < -0.4 is 18.9 Å². The van der Waals surface area contributed by atoms with E-state index in [1.165, 1.54) is 5.56 Å². The summed E-state index contributed by atoms with van der Waals surface area (Å²) in [5, 5.41) is 13.4. The lowest BCUT2D eigenvalue weighted by molar-refractivity contribution is 0.170. The first kappa shape index (κ1) is 21.3. The van der Waals surface area contributed by atoms with Gasteiger partial charge in [0.15, 0.2) is 11.5 Å². The van der Waals surface area contributed by atoms with Gasteiger partial charge in [-0.1, -0.05) is 17.3 Å². The fourth-order valence-corrected chi connectivity index (χ4v) is 4.35. The van der Waals surface area contributed by atoms with Gasteiger partial charge in [0.25, 0.3) is 0 Å². The molecular weight excluding hydrogens is 396 g/mol. The Morgan fingerprint density at radius 3 is 2.71 bits per heavy atom. The smallest absolute Gasteiger partial charge is 0.231 e. The van der Waals surface area contributed by atoms with Crippen LogP contribution in [0.25, 0.3) is 0 Å². The minimum absolute atomic E-state index is 0.0163. The van der Waals surface area contributed by atoms with Crippen LogP contribution in [0.2, 0.25) is 0 Å². The zero-order valence-corrected chi connectivity index (χ0v) is 18.6. The third-order valence-corrected chi connectivity index (χ3v) is 5.82. The van der Waals surface area contributed by atoms with E-state index in [1.54, 1.807) is 7.11 Å². The maximum Gasteiger partial charge on any atom is 0.231 e. The predicted octanol–water partition coefficient (Wildman–Crippen LogP) is 4.20. The number of fused-ring (bicyclic) bond motifs is 2. The minimum Gasteiger partial charge on any atom is -0.492 e. The van der Waals surface area contributed by atoms with Gasteiger partial charge >= 0.3 is 0 Å². The Morgan fingerprint density at radius 2 is 2.03 bits per heavy atom. The molecule has 2 aromatic carbocycles. The third-order valence-electron chi connectivity index (χ3n) is 5.82. The number of likely N-dealkylation sites (N-methyl/N-ethyl adjacent to an activating group) is 1. The molecular formula is C24H30N2O5. The summed E-state index contributed by atoms with van der Waals surface area (Å²) >= 11 is 0. The molecule has 1 atom stereocenters. The fourth-order valence-electron chi connectivity index (χ4n) is 4.35. The molecule has 4 rings (SSSR count). The summed E-state index contributed by atoms with van der Waals surface area (Å²) in [5.74, 6) is 2.94. The van der Waals surface area contributed by atoms with Gasteiger partial charge in [-0.2, -0.15) is 0 Å². The summed E-state index contributed by atoms with van der Waals surface area (Å²) in [5.41, 5.74) is 4.06. The van der Waals surface area contributed by atoms with Crippen molar-refractivity contribution in [1.82, 2.24) is 4.90 Å². The first-order valence-corrected chi connectivity index (χ1v) is 10.6. The zero-order valence-electron chi connectivity index (χ0n) is 18.6. The molecule has 2 heterocycles. The number of benzene rings is 2. The molecule has 0 saturated heterocycles. The van der Waals surface area contributed by atoms with Crippen LogP contribution in [0.5, 0.6) is 23.0 Å². The second-order valence-corrected chi connectivity index (χ2v) is 8.32. The summed E-state index contributed by atoms with van der Waals surface area (Å²) in [6.07, 6.45) is 2.18. The normalized spacial score (nSPS) is 18.2. The van der Waals surface area contributed by atoms with Crippen molar-refractivity contribution >= 4 is 5.71 Å². The molecule has 2 aromatic rings. The zero-order chi connectivity index (χ0) is 22.0. The van der Waals surface area contributed by atoms with Gasteiger partial charge in [0.1, 0.15) is 5.75 Å². The molecule has 0 saturated carbocycles. The van der Waals surface area contributed by atoms with Gasteiger partial charge in [-0.3, -0.25) is 4.90 Å². The highest BCUT2D eigenvalue weighted by Crippen LogP contribution is 2.50. The standard InChI is InChI=1S/C24H30N2O5/c1-15(2)31-19-7-5-16(6-8-19)11-18(25-27)13-20-22-17(9-10-26(20)3)12-21-23(24(22)28-4)30-14-29-21/h5-8,12,15,20,27H,9-11,13-14H2,1-4H3/t20-/m0/s1. The molecule has 0 aromatic heterocycles. The molecule has 0 bridgehead atoms. The topological polar surface area (TPSA) is 72.8 Å². The number of oxime groups is 1. The van der Waals surface area contributed by atoms with Crippen molar-refractivity contribution in [2.75, 3.05) is 27.5 Å². The maximum atomic E-state index is 9.78. The predicted molar refractivity (Wildman–Crippen MR) is 118 cm³/mol. The SMILES string of the molecule is COc1c2c(cc3c1[C@H](CC(Cc1ccc(OC(C)C)cc1)=NO)N(C)CC3)OCO2. The Labute approximate surface area is 183 Å². The van der Waals surface area contributed by atoms with Crippen molar-refractivity contribution in [2.45, 2.75) is 45.3 Å². The van der Waals surface area contributed by atoms with Gasteiger partial charge in [-0.15, -0.1) is 0 Å². The highest BCUT2D eigenvalue weighted by atomic mass is 16.7. The van der Waals surface area contributed by atoms with E-state index in [0.29, 0.717) is 30.1 Å². The molecule has 7 nitrogen and oxygen atoms in total. The largest absolute Gasteiger partial charge is 0.492 e. The van der Waals surface area contributed by atoms with Crippen LogP contribution in [-0.4, -0.2) is 49.4 Å². The van der Waals surface area contributed by atoms with E-state index >= 15 is 0 Å². The molecule has 0 unspecified atom stereocenters. The second kappa shape index (κ2) is 9.06. The fraction of sp³-hybridized carbons (Fsp3) is 0.458. The molecule has 0 amide bonds. The van der Waals surface area contributed by atoms with Crippen LogP contribution in [-0.2, 0) is 12.8 Å². The molecule has 0 spiro atoms. The van der Waals surface area contributed by atoms with E-state index in [4.69, 9.17) is 18.9 Å². The third kappa shape index (κ3) is 4.42. The Hall–Kier alpha value is -2.93. The van der Waals surface area contributed by atoms with Crippen LogP contribution in [0, 0.1) is 0 Å². The Morgan fingerprint density at radius 1 is 1.26 bits per heavy atom. The summed E-state index contributed by atoms with van der Waals surface area (Å²) in [6, 6.07) is 10.0. The van der Waals surface area contributed by atoms with E-state index in [9.17, 15) is 5.21 Å². The van der Waals surface area contributed by atoms with E-state index in [1.807, 2.05) is 38.1 Å². The van der Waals surface area contributed by atoms with E-state index in [2.05, 4.69) is 23.2 Å². The molecule has 7 heteroatoms. The maximum absolute atomic E-state index is 9.78. The van der Waals surface area contributed by atoms with Crippen LogP contribution >= 0.6 is 0 Å². The van der Waals surface area contributed by atoms with E-state index in [0.717, 1.165) is 35.6 Å². The molecule has 0 aliphatic carbocycles. The number of rotatable bonds is 7. The molecule has 0 fully saturated rings. The molecule has 166 valence electrons. The highest BCUT2D eigenvalue weighted by molar-refractivity contribution is 5.87. The van der Waals surface area contributed by atoms with Gasteiger partial charge in [0.05, 0.1) is 18.9 Å². The lowest BCUT2D eigenvalue weighted by atomic mass is 9.87. The molecule has 2 aliphatic heterocycles. The number of hydrogen-bond acceptors (Lipinski definition) is 7. The highest BCUT2D eigenvalue weighted by Gasteiger charge is 2.34. The molecule has 0 radical (unpaired) electrons.